The number of hydroxylamine groups is 2. The first-order valence-electron chi connectivity index (χ1n) is 16.7. The monoisotopic (exact) mass is 730 g/mol. The zero-order chi connectivity index (χ0) is 36.7. The molecule has 14 nitrogen and oxygen atoms in total. The van der Waals surface area contributed by atoms with Crippen molar-refractivity contribution >= 4 is 35.4 Å². The number of carbonyl (C=O) groups is 2. The summed E-state index contributed by atoms with van der Waals surface area (Å²) in [5, 5.41) is 67.3. The van der Waals surface area contributed by atoms with Crippen molar-refractivity contribution in [2.24, 2.45) is 15.9 Å². The van der Waals surface area contributed by atoms with E-state index in [0.717, 1.165) is 0 Å². The minimum atomic E-state index is -1.81. The Balaban J connectivity index is 0.00000504. The van der Waals surface area contributed by atoms with Crippen LogP contribution in [0.15, 0.2) is 28.4 Å². The number of methoxy groups -OCH3 is 1. The third-order valence-corrected chi connectivity index (χ3v) is 10.6. The predicted octanol–water partition coefficient (Wildman–Crippen LogP) is 3.72. The summed E-state index contributed by atoms with van der Waals surface area (Å²) in [5.41, 5.74) is 3.18. The van der Waals surface area contributed by atoms with E-state index < -0.39 is 81.5 Å². The maximum absolute atomic E-state index is 14.0. The highest BCUT2D eigenvalue weighted by Crippen LogP contribution is 2.52. The van der Waals surface area contributed by atoms with Gasteiger partial charge in [-0.2, -0.15) is 15.3 Å². The zero-order valence-corrected chi connectivity index (χ0v) is 30.6. The molecule has 2 aromatic rings. The Morgan fingerprint density at radius 1 is 1.02 bits per heavy atom. The SMILES string of the molecule is COc1cccc2c1C(=O)c1c(O)c3c(c(O)c1C2=O)C[C@@](O)(/C(C)=N/N=C1CC(C)(C)N(O)C(C)(C)C1)C[C@@H]3O[C@H]1C[C@H](N)[C@H](O)[C@H](C)O1.Cl. The molecule has 51 heavy (non-hydrogen) atoms. The molecule has 278 valence electrons. The molecule has 0 bridgehead atoms. The summed E-state index contributed by atoms with van der Waals surface area (Å²) in [6.45, 7) is 10.8. The van der Waals surface area contributed by atoms with Crippen LogP contribution in [-0.2, 0) is 15.9 Å². The van der Waals surface area contributed by atoms with Gasteiger partial charge in [0.15, 0.2) is 12.1 Å². The summed E-state index contributed by atoms with van der Waals surface area (Å²) in [6.07, 6.45) is -3.44. The molecule has 2 saturated heterocycles. The van der Waals surface area contributed by atoms with Crippen molar-refractivity contribution in [1.82, 2.24) is 5.06 Å². The van der Waals surface area contributed by atoms with Crippen molar-refractivity contribution in [3.63, 3.8) is 0 Å². The maximum atomic E-state index is 14.0. The lowest BCUT2D eigenvalue weighted by Gasteiger charge is -2.48. The average molecular weight is 731 g/mol. The number of phenolic OH excluding ortho intramolecular Hbond substituents is 2. The van der Waals surface area contributed by atoms with Crippen LogP contribution >= 0.6 is 12.4 Å². The molecular formula is C36H47ClN4O10. The fraction of sp³-hybridized carbons (Fsp3) is 0.556. The van der Waals surface area contributed by atoms with Crippen molar-refractivity contribution < 1.29 is 49.4 Å². The fourth-order valence-corrected chi connectivity index (χ4v) is 8.01. The van der Waals surface area contributed by atoms with Crippen LogP contribution in [0.25, 0.3) is 0 Å². The molecule has 2 fully saturated rings. The van der Waals surface area contributed by atoms with Crippen molar-refractivity contribution in [3.05, 3.63) is 51.6 Å². The number of phenols is 2. The van der Waals surface area contributed by atoms with Crippen molar-refractivity contribution in [1.29, 1.82) is 0 Å². The summed E-state index contributed by atoms with van der Waals surface area (Å²) in [7, 11) is 1.36. The quantitative estimate of drug-likeness (QED) is 0.126. The predicted molar refractivity (Wildman–Crippen MR) is 188 cm³/mol. The van der Waals surface area contributed by atoms with Gasteiger partial charge in [-0.3, -0.25) is 9.59 Å². The van der Waals surface area contributed by atoms with E-state index in [-0.39, 0.29) is 65.4 Å². The van der Waals surface area contributed by atoms with E-state index in [1.807, 2.05) is 27.7 Å². The van der Waals surface area contributed by atoms with Gasteiger partial charge in [0, 0.05) is 71.6 Å². The van der Waals surface area contributed by atoms with Gasteiger partial charge >= 0.3 is 0 Å². The molecule has 7 N–H and O–H groups in total. The number of aromatic hydroxyl groups is 2. The fourth-order valence-electron chi connectivity index (χ4n) is 8.01. The second-order valence-electron chi connectivity index (χ2n) is 15.2. The molecule has 2 aromatic carbocycles. The third-order valence-electron chi connectivity index (χ3n) is 10.6. The Morgan fingerprint density at radius 3 is 2.25 bits per heavy atom. The first kappa shape index (κ1) is 38.8. The Hall–Kier alpha value is -3.47. The Morgan fingerprint density at radius 2 is 1.65 bits per heavy atom. The van der Waals surface area contributed by atoms with Gasteiger partial charge in [-0.25, -0.2) is 0 Å². The molecule has 0 amide bonds. The summed E-state index contributed by atoms with van der Waals surface area (Å²) in [4.78, 5) is 27.9. The molecule has 0 unspecified atom stereocenters. The number of halogens is 1. The third kappa shape index (κ3) is 6.46. The van der Waals surface area contributed by atoms with Crippen LogP contribution in [0.5, 0.6) is 17.2 Å². The Kier molecular flexibility index (Phi) is 10.3. The van der Waals surface area contributed by atoms with Crippen LogP contribution in [0.1, 0.15) is 116 Å². The van der Waals surface area contributed by atoms with Crippen LogP contribution in [-0.4, -0.2) is 102 Å². The van der Waals surface area contributed by atoms with E-state index >= 15 is 0 Å². The number of aliphatic hydroxyl groups is 2. The molecule has 6 rings (SSSR count). The normalized spacial score (nSPS) is 30.1. The number of rotatable bonds is 5. The van der Waals surface area contributed by atoms with Crippen molar-refractivity contribution in [3.8, 4) is 17.2 Å². The number of benzene rings is 2. The number of nitrogens with two attached hydrogens (primary N) is 1. The van der Waals surface area contributed by atoms with Crippen LogP contribution in [0.3, 0.4) is 0 Å². The lowest BCUT2D eigenvalue weighted by molar-refractivity contribution is -0.245. The maximum Gasteiger partial charge on any atom is 0.202 e. The lowest BCUT2D eigenvalue weighted by atomic mass is 9.71. The second kappa shape index (κ2) is 13.5. The van der Waals surface area contributed by atoms with Gasteiger partial charge in [-0.05, 0) is 47.6 Å². The highest BCUT2D eigenvalue weighted by molar-refractivity contribution is 6.31. The molecular weight excluding hydrogens is 684 g/mol. The molecule has 4 aliphatic rings. The molecule has 15 heteroatoms. The first-order chi connectivity index (χ1) is 23.3. The van der Waals surface area contributed by atoms with Gasteiger partial charge in [-0.15, -0.1) is 12.4 Å². The molecule has 2 aliphatic carbocycles. The zero-order valence-electron chi connectivity index (χ0n) is 29.8. The summed E-state index contributed by atoms with van der Waals surface area (Å²) < 4.78 is 17.6. The number of ketones is 2. The van der Waals surface area contributed by atoms with E-state index in [1.165, 1.54) is 24.3 Å². The molecule has 0 radical (unpaired) electrons. The second-order valence-corrected chi connectivity index (χ2v) is 15.2. The molecule has 2 aliphatic heterocycles. The van der Waals surface area contributed by atoms with Crippen LogP contribution in [0.2, 0.25) is 0 Å². The number of fused-ring (bicyclic) bond motifs is 3. The summed E-state index contributed by atoms with van der Waals surface area (Å²) in [6, 6.07) is 3.82. The summed E-state index contributed by atoms with van der Waals surface area (Å²) in [5.74, 6) is -2.43. The molecule has 0 saturated carbocycles. The molecule has 0 aromatic heterocycles. The Labute approximate surface area is 302 Å². The van der Waals surface area contributed by atoms with E-state index in [4.69, 9.17) is 19.9 Å². The number of nitrogens with zero attached hydrogens (tertiary/aromatic N) is 3. The average Bonchev–Trinajstić information content (AvgIpc) is 3.04. The van der Waals surface area contributed by atoms with Crippen LogP contribution in [0, 0.1) is 0 Å². The van der Waals surface area contributed by atoms with Gasteiger partial charge in [0.2, 0.25) is 5.78 Å². The van der Waals surface area contributed by atoms with Crippen molar-refractivity contribution in [2.45, 2.75) is 121 Å². The van der Waals surface area contributed by atoms with E-state index in [0.29, 0.717) is 18.6 Å². The molecule has 2 heterocycles. The largest absolute Gasteiger partial charge is 0.507 e. The highest BCUT2D eigenvalue weighted by atomic mass is 35.5. The Bertz CT molecular complexity index is 1800. The number of ether oxygens (including phenoxy) is 3. The topological polar surface area (TPSA) is 217 Å². The van der Waals surface area contributed by atoms with Crippen LogP contribution in [0.4, 0.5) is 0 Å². The smallest absolute Gasteiger partial charge is 0.202 e. The van der Waals surface area contributed by atoms with Gasteiger partial charge < -0.3 is 45.6 Å². The number of hydrogen-bond donors (Lipinski definition) is 6. The van der Waals surface area contributed by atoms with Gasteiger partial charge in [0.1, 0.15) is 22.8 Å². The first-order valence-corrected chi connectivity index (χ1v) is 16.7. The highest BCUT2D eigenvalue weighted by Gasteiger charge is 2.49. The summed E-state index contributed by atoms with van der Waals surface area (Å²) >= 11 is 0. The number of hydrogen-bond acceptors (Lipinski definition) is 14. The molecule has 6 atom stereocenters. The van der Waals surface area contributed by atoms with Crippen molar-refractivity contribution in [2.75, 3.05) is 7.11 Å². The van der Waals surface area contributed by atoms with Crippen LogP contribution < -0.4 is 10.5 Å². The van der Waals surface area contributed by atoms with Gasteiger partial charge in [-0.1, -0.05) is 12.1 Å². The van der Waals surface area contributed by atoms with Gasteiger partial charge in [0.25, 0.3) is 0 Å². The number of aliphatic hydroxyl groups excluding tert-OH is 1. The van der Waals surface area contributed by atoms with E-state index in [1.54, 1.807) is 19.9 Å². The molecule has 0 spiro atoms. The lowest BCUT2D eigenvalue weighted by Crippen LogP contribution is -2.59. The minimum absolute atomic E-state index is 0. The van der Waals surface area contributed by atoms with E-state index in [2.05, 4.69) is 10.2 Å². The number of carbonyl (C=O) groups excluding carboxylic acids is 2. The number of piperidine rings is 1. The van der Waals surface area contributed by atoms with Gasteiger partial charge in [0.05, 0.1) is 47.8 Å². The standard InChI is InChI=1S/C36H46N4O10.ClH/c1-16-29(41)21(37)11-24(49-16)50-23-15-36(46,17(2)38-39-18-12-34(3,4)40(47)35(5,6)13-18)14-20-26(23)33(45)28-27(31(20)43)30(42)19-9-8-10-22(48-7)25(19)32(28)44;/h8-10,16,21,23-24,29,41,43,45-47H,11-15,37H2,1-7H3;1H/b38-17+;/t16-,21-,23-,24-,29+,36-;/m0./s1. The van der Waals surface area contributed by atoms with E-state index in [9.17, 15) is 35.2 Å². The minimum Gasteiger partial charge on any atom is -0.507 e.